The Morgan fingerprint density at radius 1 is 1.57 bits per heavy atom. The molecule has 0 radical (unpaired) electrons. The molecule has 1 aromatic heterocycles. The topological polar surface area (TPSA) is 43.8 Å². The second-order valence-corrected chi connectivity index (χ2v) is 4.00. The zero-order valence-electron chi connectivity index (χ0n) is 8.83. The molecule has 3 heteroatoms. The quantitative estimate of drug-likeness (QED) is 0.733. The minimum absolute atomic E-state index is 0.231. The fourth-order valence-electron chi connectivity index (χ4n) is 1.97. The summed E-state index contributed by atoms with van der Waals surface area (Å²) in [5.41, 5.74) is 8.49. The van der Waals surface area contributed by atoms with E-state index in [9.17, 15) is 0 Å². The number of aromatic nitrogens is 2. The summed E-state index contributed by atoms with van der Waals surface area (Å²) in [5, 5.41) is 0. The molecular weight excluding hydrogens is 174 g/mol. The van der Waals surface area contributed by atoms with E-state index in [-0.39, 0.29) is 6.04 Å². The van der Waals surface area contributed by atoms with Gasteiger partial charge < -0.3 is 10.3 Å². The molecule has 0 spiro atoms. The minimum Gasteiger partial charge on any atom is -0.332 e. The number of aryl methyl sites for hydroxylation is 1. The number of hydrogen-bond acceptors (Lipinski definition) is 2. The van der Waals surface area contributed by atoms with Crippen molar-refractivity contribution in [1.29, 1.82) is 0 Å². The van der Waals surface area contributed by atoms with Gasteiger partial charge in [0.2, 0.25) is 0 Å². The van der Waals surface area contributed by atoms with Gasteiger partial charge in [-0.2, -0.15) is 0 Å². The number of allylic oxidation sites excluding steroid dienone is 1. The first kappa shape index (κ1) is 9.46. The van der Waals surface area contributed by atoms with Gasteiger partial charge >= 0.3 is 0 Å². The summed E-state index contributed by atoms with van der Waals surface area (Å²) in [6.45, 7) is 2.02. The molecule has 0 saturated heterocycles. The van der Waals surface area contributed by atoms with Crippen LogP contribution in [0.5, 0.6) is 0 Å². The zero-order valence-corrected chi connectivity index (χ0v) is 8.83. The van der Waals surface area contributed by atoms with E-state index in [1.165, 1.54) is 17.7 Å². The molecule has 0 bridgehead atoms. The molecule has 0 aromatic carbocycles. The van der Waals surface area contributed by atoms with Gasteiger partial charge in [-0.25, -0.2) is 4.98 Å². The second kappa shape index (κ2) is 3.58. The number of hydrogen-bond donors (Lipinski definition) is 1. The lowest BCUT2D eigenvalue weighted by Gasteiger charge is -2.18. The van der Waals surface area contributed by atoms with Crippen LogP contribution in [-0.2, 0) is 7.05 Å². The van der Waals surface area contributed by atoms with Crippen molar-refractivity contribution in [3.05, 3.63) is 23.8 Å². The van der Waals surface area contributed by atoms with E-state index >= 15 is 0 Å². The Morgan fingerprint density at radius 3 is 2.93 bits per heavy atom. The third kappa shape index (κ3) is 1.60. The van der Waals surface area contributed by atoms with Crippen molar-refractivity contribution in [2.24, 2.45) is 12.8 Å². The van der Waals surface area contributed by atoms with Crippen molar-refractivity contribution >= 4 is 5.57 Å². The SMILES string of the molecule is Cc1ncc(C2=CC(N)CCC2)n1C. The Hall–Kier alpha value is -1.09. The molecule has 0 fully saturated rings. The van der Waals surface area contributed by atoms with Crippen molar-refractivity contribution in [3.8, 4) is 0 Å². The summed E-state index contributed by atoms with van der Waals surface area (Å²) in [5.74, 6) is 1.06. The first-order chi connectivity index (χ1) is 6.68. The Morgan fingerprint density at radius 2 is 2.36 bits per heavy atom. The number of imidazole rings is 1. The zero-order chi connectivity index (χ0) is 10.1. The van der Waals surface area contributed by atoms with Crippen LogP contribution >= 0.6 is 0 Å². The predicted molar refractivity (Wildman–Crippen MR) is 57.7 cm³/mol. The Bertz CT molecular complexity index is 363. The summed E-state index contributed by atoms with van der Waals surface area (Å²) in [7, 11) is 2.05. The van der Waals surface area contributed by atoms with Crippen LogP contribution in [0.4, 0.5) is 0 Å². The van der Waals surface area contributed by atoms with Crippen LogP contribution in [0.2, 0.25) is 0 Å². The summed E-state index contributed by atoms with van der Waals surface area (Å²) in [6.07, 6.45) is 7.56. The van der Waals surface area contributed by atoms with Gasteiger partial charge in [0.25, 0.3) is 0 Å². The largest absolute Gasteiger partial charge is 0.332 e. The molecule has 0 aliphatic heterocycles. The Balaban J connectivity index is 2.35. The van der Waals surface area contributed by atoms with E-state index < -0.39 is 0 Å². The summed E-state index contributed by atoms with van der Waals surface area (Å²) >= 11 is 0. The highest BCUT2D eigenvalue weighted by Crippen LogP contribution is 2.26. The van der Waals surface area contributed by atoms with Crippen LogP contribution in [0.25, 0.3) is 5.57 Å². The predicted octanol–water partition coefficient (Wildman–Crippen LogP) is 1.62. The van der Waals surface area contributed by atoms with Crippen molar-refractivity contribution < 1.29 is 0 Å². The molecule has 14 heavy (non-hydrogen) atoms. The first-order valence-corrected chi connectivity index (χ1v) is 5.13. The van der Waals surface area contributed by atoms with Gasteiger partial charge in [-0.3, -0.25) is 0 Å². The highest BCUT2D eigenvalue weighted by atomic mass is 15.0. The number of nitrogens with zero attached hydrogens (tertiary/aromatic N) is 2. The van der Waals surface area contributed by atoms with Gasteiger partial charge in [0, 0.05) is 13.1 Å². The summed E-state index contributed by atoms with van der Waals surface area (Å²) in [6, 6.07) is 0.231. The van der Waals surface area contributed by atoms with E-state index in [1.807, 2.05) is 13.1 Å². The lowest BCUT2D eigenvalue weighted by Crippen LogP contribution is -2.20. The monoisotopic (exact) mass is 191 g/mol. The highest BCUT2D eigenvalue weighted by Gasteiger charge is 2.14. The molecule has 3 nitrogen and oxygen atoms in total. The van der Waals surface area contributed by atoms with Gasteiger partial charge in [-0.15, -0.1) is 0 Å². The van der Waals surface area contributed by atoms with Crippen molar-refractivity contribution in [2.45, 2.75) is 32.2 Å². The van der Waals surface area contributed by atoms with Crippen molar-refractivity contribution in [3.63, 3.8) is 0 Å². The van der Waals surface area contributed by atoms with E-state index in [2.05, 4.69) is 22.7 Å². The van der Waals surface area contributed by atoms with Crippen LogP contribution in [-0.4, -0.2) is 15.6 Å². The maximum Gasteiger partial charge on any atom is 0.105 e. The smallest absolute Gasteiger partial charge is 0.105 e. The van der Waals surface area contributed by atoms with Gasteiger partial charge in [0.1, 0.15) is 5.82 Å². The molecule has 0 saturated carbocycles. The van der Waals surface area contributed by atoms with Crippen LogP contribution < -0.4 is 5.73 Å². The maximum absolute atomic E-state index is 5.91. The number of nitrogens with two attached hydrogens (primary N) is 1. The third-order valence-corrected chi connectivity index (χ3v) is 2.95. The molecular formula is C11H17N3. The third-order valence-electron chi connectivity index (χ3n) is 2.95. The number of rotatable bonds is 1. The standard InChI is InChI=1S/C11H17N3/c1-8-13-7-11(14(8)2)9-4-3-5-10(12)6-9/h6-7,10H,3-5,12H2,1-2H3. The summed E-state index contributed by atoms with van der Waals surface area (Å²) < 4.78 is 2.13. The lowest BCUT2D eigenvalue weighted by atomic mass is 9.94. The van der Waals surface area contributed by atoms with E-state index in [0.717, 1.165) is 18.7 Å². The average Bonchev–Trinajstić information content (AvgIpc) is 2.48. The van der Waals surface area contributed by atoms with Crippen LogP contribution in [0.3, 0.4) is 0 Å². The first-order valence-electron chi connectivity index (χ1n) is 5.13. The van der Waals surface area contributed by atoms with Crippen LogP contribution in [0, 0.1) is 6.92 Å². The van der Waals surface area contributed by atoms with Crippen LogP contribution in [0.15, 0.2) is 12.3 Å². The molecule has 1 heterocycles. The van der Waals surface area contributed by atoms with E-state index in [0.29, 0.717) is 0 Å². The van der Waals surface area contributed by atoms with Gasteiger partial charge in [0.15, 0.2) is 0 Å². The van der Waals surface area contributed by atoms with E-state index in [4.69, 9.17) is 5.73 Å². The van der Waals surface area contributed by atoms with Crippen molar-refractivity contribution in [2.75, 3.05) is 0 Å². The molecule has 1 aliphatic carbocycles. The lowest BCUT2D eigenvalue weighted by molar-refractivity contribution is 0.650. The maximum atomic E-state index is 5.91. The molecule has 2 N–H and O–H groups in total. The van der Waals surface area contributed by atoms with E-state index in [1.54, 1.807) is 0 Å². The minimum atomic E-state index is 0.231. The summed E-state index contributed by atoms with van der Waals surface area (Å²) in [4.78, 5) is 4.30. The Kier molecular flexibility index (Phi) is 2.42. The van der Waals surface area contributed by atoms with Crippen LogP contribution in [0.1, 0.15) is 30.8 Å². The normalized spacial score (nSPS) is 22.2. The molecule has 76 valence electrons. The Labute approximate surface area is 84.6 Å². The van der Waals surface area contributed by atoms with Crippen molar-refractivity contribution in [1.82, 2.24) is 9.55 Å². The average molecular weight is 191 g/mol. The van der Waals surface area contributed by atoms with Gasteiger partial charge in [-0.1, -0.05) is 6.08 Å². The fraction of sp³-hybridized carbons (Fsp3) is 0.545. The molecule has 1 aromatic rings. The molecule has 1 unspecified atom stereocenters. The van der Waals surface area contributed by atoms with Gasteiger partial charge in [0.05, 0.1) is 11.9 Å². The fourth-order valence-corrected chi connectivity index (χ4v) is 1.97. The molecule has 1 aliphatic rings. The highest BCUT2D eigenvalue weighted by molar-refractivity contribution is 5.64. The van der Waals surface area contributed by atoms with Gasteiger partial charge in [-0.05, 0) is 31.8 Å². The second-order valence-electron chi connectivity index (χ2n) is 4.00. The molecule has 0 amide bonds. The molecule has 2 rings (SSSR count). The molecule has 1 atom stereocenters.